The van der Waals surface area contributed by atoms with Crippen LogP contribution in [0.3, 0.4) is 0 Å². The van der Waals surface area contributed by atoms with Crippen LogP contribution in [-0.4, -0.2) is 31.2 Å². The van der Waals surface area contributed by atoms with E-state index in [1.165, 1.54) is 0 Å². The minimum absolute atomic E-state index is 0.745. The minimum Gasteiger partial charge on any atom is -0.354 e. The highest BCUT2D eigenvalue weighted by atomic mass is 35.5. The average Bonchev–Trinajstić information content (AvgIpc) is 2.47. The van der Waals surface area contributed by atoms with E-state index in [1.807, 2.05) is 12.1 Å². The number of halogens is 1. The summed E-state index contributed by atoms with van der Waals surface area (Å²) in [6.07, 6.45) is 2.94. The Morgan fingerprint density at radius 2 is 2.29 bits per heavy atom. The molecule has 0 radical (unpaired) electrons. The highest BCUT2D eigenvalue weighted by Gasteiger charge is 2.12. The number of nitrogens with zero attached hydrogens (tertiary/aromatic N) is 2. The molecular weight excluding hydrogens is 198 g/mol. The molecule has 1 saturated heterocycles. The van der Waals surface area contributed by atoms with E-state index in [-0.39, 0.29) is 0 Å². The molecule has 1 N–H and O–H groups in total. The molecule has 2 heterocycles. The lowest BCUT2D eigenvalue weighted by molar-refractivity contribution is 0.724. The molecule has 0 atom stereocenters. The molecule has 0 bridgehead atoms. The molecule has 0 amide bonds. The van der Waals surface area contributed by atoms with E-state index >= 15 is 0 Å². The molecule has 1 aromatic heterocycles. The van der Waals surface area contributed by atoms with Crippen LogP contribution in [0.25, 0.3) is 0 Å². The summed E-state index contributed by atoms with van der Waals surface area (Å²) in [5.74, 6) is 0.915. The topological polar surface area (TPSA) is 28.2 Å². The Kier molecular flexibility index (Phi) is 3.22. The number of nitrogens with one attached hydrogen (secondary N) is 1. The SMILES string of the molecule is Clc1cccnc1N1CCCNCC1. The molecule has 1 fully saturated rings. The lowest BCUT2D eigenvalue weighted by Crippen LogP contribution is -2.28. The first kappa shape index (κ1) is 9.74. The van der Waals surface area contributed by atoms with E-state index in [2.05, 4.69) is 15.2 Å². The quantitative estimate of drug-likeness (QED) is 0.764. The summed E-state index contributed by atoms with van der Waals surface area (Å²) in [5, 5.41) is 4.10. The van der Waals surface area contributed by atoms with Gasteiger partial charge in [0.25, 0.3) is 0 Å². The highest BCUT2D eigenvalue weighted by Crippen LogP contribution is 2.22. The van der Waals surface area contributed by atoms with Gasteiger partial charge in [-0.05, 0) is 25.1 Å². The van der Waals surface area contributed by atoms with Gasteiger partial charge < -0.3 is 10.2 Å². The summed E-state index contributed by atoms with van der Waals surface area (Å²) in [6, 6.07) is 3.75. The zero-order chi connectivity index (χ0) is 9.80. The maximum Gasteiger partial charge on any atom is 0.147 e. The fourth-order valence-electron chi connectivity index (χ4n) is 1.67. The Morgan fingerprint density at radius 3 is 3.14 bits per heavy atom. The zero-order valence-corrected chi connectivity index (χ0v) is 8.80. The van der Waals surface area contributed by atoms with Crippen molar-refractivity contribution in [3.05, 3.63) is 23.4 Å². The van der Waals surface area contributed by atoms with Gasteiger partial charge in [-0.25, -0.2) is 4.98 Å². The van der Waals surface area contributed by atoms with E-state index in [1.54, 1.807) is 6.20 Å². The zero-order valence-electron chi connectivity index (χ0n) is 8.04. The molecule has 1 aromatic rings. The molecule has 1 aliphatic heterocycles. The summed E-state index contributed by atoms with van der Waals surface area (Å²) in [4.78, 5) is 6.55. The van der Waals surface area contributed by atoms with Gasteiger partial charge in [-0.15, -0.1) is 0 Å². The maximum atomic E-state index is 6.09. The lowest BCUT2D eigenvalue weighted by atomic mass is 10.3. The third-order valence-corrected chi connectivity index (χ3v) is 2.67. The van der Waals surface area contributed by atoms with Gasteiger partial charge in [-0.1, -0.05) is 11.6 Å². The Labute approximate surface area is 89.1 Å². The first-order valence-corrected chi connectivity index (χ1v) is 5.32. The van der Waals surface area contributed by atoms with Crippen molar-refractivity contribution in [2.75, 3.05) is 31.1 Å². The van der Waals surface area contributed by atoms with Gasteiger partial charge >= 0.3 is 0 Å². The second-order valence-electron chi connectivity index (χ2n) is 3.40. The fraction of sp³-hybridized carbons (Fsp3) is 0.500. The van der Waals surface area contributed by atoms with E-state index in [0.717, 1.165) is 43.4 Å². The van der Waals surface area contributed by atoms with Crippen molar-refractivity contribution in [3.63, 3.8) is 0 Å². The average molecular weight is 212 g/mol. The maximum absolute atomic E-state index is 6.09. The van der Waals surface area contributed by atoms with Crippen LogP contribution >= 0.6 is 11.6 Å². The van der Waals surface area contributed by atoms with Crippen molar-refractivity contribution in [1.29, 1.82) is 0 Å². The van der Waals surface area contributed by atoms with Gasteiger partial charge in [0.2, 0.25) is 0 Å². The second-order valence-corrected chi connectivity index (χ2v) is 3.81. The van der Waals surface area contributed by atoms with Crippen molar-refractivity contribution in [2.24, 2.45) is 0 Å². The predicted molar refractivity (Wildman–Crippen MR) is 58.9 cm³/mol. The summed E-state index contributed by atoms with van der Waals surface area (Å²) in [7, 11) is 0. The van der Waals surface area contributed by atoms with Crippen LogP contribution in [-0.2, 0) is 0 Å². The standard InChI is InChI=1S/C10H14ClN3/c11-9-3-1-5-13-10(9)14-7-2-4-12-6-8-14/h1,3,5,12H,2,4,6-8H2. The van der Waals surface area contributed by atoms with Crippen LogP contribution < -0.4 is 10.2 Å². The number of rotatable bonds is 1. The molecule has 0 aliphatic carbocycles. The first-order valence-electron chi connectivity index (χ1n) is 4.94. The molecule has 4 heteroatoms. The van der Waals surface area contributed by atoms with Gasteiger partial charge in [-0.3, -0.25) is 0 Å². The summed E-state index contributed by atoms with van der Waals surface area (Å²) >= 11 is 6.09. The monoisotopic (exact) mass is 211 g/mol. The number of pyridine rings is 1. The van der Waals surface area contributed by atoms with Gasteiger partial charge in [0, 0.05) is 25.8 Å². The van der Waals surface area contributed by atoms with E-state index < -0.39 is 0 Å². The predicted octanol–water partition coefficient (Wildman–Crippen LogP) is 1.53. The van der Waals surface area contributed by atoms with Crippen molar-refractivity contribution in [1.82, 2.24) is 10.3 Å². The van der Waals surface area contributed by atoms with Gasteiger partial charge in [-0.2, -0.15) is 0 Å². The fourth-order valence-corrected chi connectivity index (χ4v) is 1.91. The number of aromatic nitrogens is 1. The van der Waals surface area contributed by atoms with Crippen LogP contribution in [0, 0.1) is 0 Å². The smallest absolute Gasteiger partial charge is 0.147 e. The van der Waals surface area contributed by atoms with Crippen molar-refractivity contribution in [3.8, 4) is 0 Å². The Bertz CT molecular complexity index is 295. The van der Waals surface area contributed by atoms with Crippen LogP contribution in [0.4, 0.5) is 5.82 Å². The normalized spacial score (nSPS) is 17.9. The van der Waals surface area contributed by atoms with Gasteiger partial charge in [0.15, 0.2) is 0 Å². The first-order chi connectivity index (χ1) is 6.88. The molecule has 3 nitrogen and oxygen atoms in total. The molecule has 0 spiro atoms. The Hall–Kier alpha value is -0.800. The van der Waals surface area contributed by atoms with Crippen LogP contribution in [0.5, 0.6) is 0 Å². The van der Waals surface area contributed by atoms with E-state index in [4.69, 9.17) is 11.6 Å². The third kappa shape index (κ3) is 2.16. The minimum atomic E-state index is 0.745. The molecule has 1 aliphatic rings. The third-order valence-electron chi connectivity index (χ3n) is 2.38. The molecule has 2 rings (SSSR count). The number of hydrogen-bond acceptors (Lipinski definition) is 3. The van der Waals surface area contributed by atoms with Crippen molar-refractivity contribution >= 4 is 17.4 Å². The van der Waals surface area contributed by atoms with Crippen LogP contribution in [0.2, 0.25) is 5.02 Å². The Morgan fingerprint density at radius 1 is 1.36 bits per heavy atom. The van der Waals surface area contributed by atoms with Crippen LogP contribution in [0.1, 0.15) is 6.42 Å². The molecule has 0 aromatic carbocycles. The summed E-state index contributed by atoms with van der Waals surface area (Å²) < 4.78 is 0. The van der Waals surface area contributed by atoms with Crippen molar-refractivity contribution < 1.29 is 0 Å². The Balaban J connectivity index is 2.16. The summed E-state index contributed by atoms with van der Waals surface area (Å²) in [5.41, 5.74) is 0. The number of anilines is 1. The van der Waals surface area contributed by atoms with Crippen molar-refractivity contribution in [2.45, 2.75) is 6.42 Å². The molecule has 0 saturated carbocycles. The van der Waals surface area contributed by atoms with Crippen LogP contribution in [0.15, 0.2) is 18.3 Å². The number of hydrogen-bond donors (Lipinski definition) is 1. The van der Waals surface area contributed by atoms with E-state index in [0.29, 0.717) is 0 Å². The molecule has 0 unspecified atom stereocenters. The van der Waals surface area contributed by atoms with Gasteiger partial charge in [0.05, 0.1) is 5.02 Å². The molecule has 76 valence electrons. The molecule has 14 heavy (non-hydrogen) atoms. The molecular formula is C10H14ClN3. The largest absolute Gasteiger partial charge is 0.354 e. The van der Waals surface area contributed by atoms with Gasteiger partial charge in [0.1, 0.15) is 5.82 Å². The highest BCUT2D eigenvalue weighted by molar-refractivity contribution is 6.32. The van der Waals surface area contributed by atoms with E-state index in [9.17, 15) is 0 Å². The lowest BCUT2D eigenvalue weighted by Gasteiger charge is -2.21. The summed E-state index contributed by atoms with van der Waals surface area (Å²) in [6.45, 7) is 4.11. The second kappa shape index (κ2) is 4.62.